The molecule has 0 aliphatic heterocycles. The Hall–Kier alpha value is -1.69. The Labute approximate surface area is 99.2 Å². The minimum absolute atomic E-state index is 0.0216. The summed E-state index contributed by atoms with van der Waals surface area (Å²) in [6.07, 6.45) is 5.93. The van der Waals surface area contributed by atoms with Crippen LogP contribution in [0.1, 0.15) is 19.3 Å². The highest BCUT2D eigenvalue weighted by molar-refractivity contribution is 5.60. The van der Waals surface area contributed by atoms with Crippen LogP contribution < -0.4 is 5.32 Å². The van der Waals surface area contributed by atoms with Crippen LogP contribution in [0.2, 0.25) is 0 Å². The van der Waals surface area contributed by atoms with E-state index in [1.807, 2.05) is 0 Å². The lowest BCUT2D eigenvalue weighted by Gasteiger charge is -2.13. The standard InChI is InChI=1S/C11H15N3O3/c1-17-9-3-2-8(6-9)13-10-4-5-12-7-11(10)14(15)16/h4-5,7-9H,2-3,6H2,1H3,(H,12,13). The Morgan fingerprint density at radius 1 is 1.59 bits per heavy atom. The van der Waals surface area contributed by atoms with E-state index in [1.54, 1.807) is 19.4 Å². The normalized spacial score (nSPS) is 23.6. The van der Waals surface area contributed by atoms with Crippen molar-refractivity contribution in [3.8, 4) is 0 Å². The van der Waals surface area contributed by atoms with E-state index in [4.69, 9.17) is 4.74 Å². The van der Waals surface area contributed by atoms with Gasteiger partial charge >= 0.3 is 5.69 Å². The summed E-state index contributed by atoms with van der Waals surface area (Å²) in [5.74, 6) is 0. The minimum Gasteiger partial charge on any atom is -0.381 e. The summed E-state index contributed by atoms with van der Waals surface area (Å²) in [6.45, 7) is 0. The van der Waals surface area contributed by atoms with Crippen molar-refractivity contribution in [3.63, 3.8) is 0 Å². The molecule has 2 rings (SSSR count). The molecule has 0 bridgehead atoms. The van der Waals surface area contributed by atoms with E-state index in [2.05, 4.69) is 10.3 Å². The molecule has 1 fully saturated rings. The summed E-state index contributed by atoms with van der Waals surface area (Å²) in [6, 6.07) is 1.87. The molecule has 2 unspecified atom stereocenters. The molecule has 0 aromatic carbocycles. The second kappa shape index (κ2) is 5.09. The number of pyridine rings is 1. The minimum atomic E-state index is -0.419. The molecular weight excluding hydrogens is 222 g/mol. The molecule has 1 N–H and O–H groups in total. The van der Waals surface area contributed by atoms with Gasteiger partial charge in [-0.1, -0.05) is 0 Å². The number of nitro groups is 1. The van der Waals surface area contributed by atoms with Gasteiger partial charge in [0.1, 0.15) is 11.9 Å². The Bertz CT molecular complexity index is 411. The lowest BCUT2D eigenvalue weighted by atomic mass is 10.2. The molecular formula is C11H15N3O3. The molecule has 0 amide bonds. The van der Waals surface area contributed by atoms with Gasteiger partial charge in [0.2, 0.25) is 0 Å². The first kappa shape index (κ1) is 11.8. The first-order valence-corrected chi connectivity index (χ1v) is 5.58. The molecule has 92 valence electrons. The van der Waals surface area contributed by atoms with Crippen molar-refractivity contribution in [2.24, 2.45) is 0 Å². The molecule has 1 aliphatic carbocycles. The topological polar surface area (TPSA) is 77.3 Å². The number of hydrogen-bond donors (Lipinski definition) is 1. The zero-order valence-corrected chi connectivity index (χ0v) is 9.63. The molecule has 1 saturated carbocycles. The molecule has 1 aromatic rings. The summed E-state index contributed by atoms with van der Waals surface area (Å²) in [5.41, 5.74) is 0.556. The molecule has 6 heteroatoms. The van der Waals surface area contributed by atoms with Gasteiger partial charge in [-0.05, 0) is 25.3 Å². The third kappa shape index (κ3) is 2.71. The van der Waals surface area contributed by atoms with Crippen molar-refractivity contribution < 1.29 is 9.66 Å². The van der Waals surface area contributed by atoms with Crippen LogP contribution in [0.4, 0.5) is 11.4 Å². The first-order valence-electron chi connectivity index (χ1n) is 5.58. The largest absolute Gasteiger partial charge is 0.381 e. The van der Waals surface area contributed by atoms with Crippen LogP contribution in [0.25, 0.3) is 0 Å². The summed E-state index contributed by atoms with van der Waals surface area (Å²) >= 11 is 0. The third-order valence-corrected chi connectivity index (χ3v) is 3.07. The molecule has 0 spiro atoms. The van der Waals surface area contributed by atoms with E-state index in [-0.39, 0.29) is 17.8 Å². The Morgan fingerprint density at radius 2 is 2.41 bits per heavy atom. The van der Waals surface area contributed by atoms with Crippen LogP contribution in [0.15, 0.2) is 18.5 Å². The van der Waals surface area contributed by atoms with Crippen molar-refractivity contribution in [2.75, 3.05) is 12.4 Å². The Morgan fingerprint density at radius 3 is 3.06 bits per heavy atom. The average Bonchev–Trinajstić information content (AvgIpc) is 2.77. The summed E-state index contributed by atoms with van der Waals surface area (Å²) in [4.78, 5) is 14.2. The number of methoxy groups -OCH3 is 1. The maximum Gasteiger partial charge on any atom is 0.310 e. The summed E-state index contributed by atoms with van der Waals surface area (Å²) in [7, 11) is 1.70. The van der Waals surface area contributed by atoms with E-state index in [9.17, 15) is 10.1 Å². The first-order chi connectivity index (χ1) is 8.20. The average molecular weight is 237 g/mol. The zero-order valence-electron chi connectivity index (χ0n) is 9.63. The number of hydrogen-bond acceptors (Lipinski definition) is 5. The Balaban J connectivity index is 2.06. The van der Waals surface area contributed by atoms with E-state index in [0.29, 0.717) is 5.69 Å². The maximum atomic E-state index is 10.8. The van der Waals surface area contributed by atoms with Crippen LogP contribution in [-0.2, 0) is 4.74 Å². The molecule has 1 aliphatic rings. The smallest absolute Gasteiger partial charge is 0.310 e. The van der Waals surface area contributed by atoms with E-state index in [1.165, 1.54) is 6.20 Å². The molecule has 0 radical (unpaired) electrons. The summed E-state index contributed by atoms with van der Waals surface area (Å²) in [5, 5.41) is 14.0. The van der Waals surface area contributed by atoms with Crippen LogP contribution in [0, 0.1) is 10.1 Å². The van der Waals surface area contributed by atoms with Crippen LogP contribution >= 0.6 is 0 Å². The van der Waals surface area contributed by atoms with Crippen LogP contribution in [-0.4, -0.2) is 29.2 Å². The van der Waals surface area contributed by atoms with Crippen molar-refractivity contribution in [1.82, 2.24) is 4.98 Å². The zero-order chi connectivity index (χ0) is 12.3. The van der Waals surface area contributed by atoms with Crippen molar-refractivity contribution in [2.45, 2.75) is 31.4 Å². The van der Waals surface area contributed by atoms with Gasteiger partial charge in [0.15, 0.2) is 0 Å². The number of aromatic nitrogens is 1. The molecule has 1 aromatic heterocycles. The van der Waals surface area contributed by atoms with Crippen molar-refractivity contribution in [3.05, 3.63) is 28.6 Å². The fraction of sp³-hybridized carbons (Fsp3) is 0.545. The van der Waals surface area contributed by atoms with Gasteiger partial charge in [-0.3, -0.25) is 15.1 Å². The molecule has 2 atom stereocenters. The van der Waals surface area contributed by atoms with Gasteiger partial charge in [-0.25, -0.2) is 0 Å². The van der Waals surface area contributed by atoms with Gasteiger partial charge < -0.3 is 10.1 Å². The molecule has 6 nitrogen and oxygen atoms in total. The van der Waals surface area contributed by atoms with Gasteiger partial charge in [0.25, 0.3) is 0 Å². The lowest BCUT2D eigenvalue weighted by Crippen LogP contribution is -2.18. The second-order valence-electron chi connectivity index (χ2n) is 4.16. The number of nitrogens with zero attached hydrogens (tertiary/aromatic N) is 2. The fourth-order valence-electron chi connectivity index (χ4n) is 2.16. The van der Waals surface area contributed by atoms with Gasteiger partial charge in [-0.2, -0.15) is 0 Å². The maximum absolute atomic E-state index is 10.8. The number of ether oxygens (including phenoxy) is 1. The molecule has 1 heterocycles. The van der Waals surface area contributed by atoms with Gasteiger partial charge in [0.05, 0.1) is 11.0 Å². The fourth-order valence-corrected chi connectivity index (χ4v) is 2.16. The predicted molar refractivity (Wildman–Crippen MR) is 63.0 cm³/mol. The second-order valence-corrected chi connectivity index (χ2v) is 4.16. The number of nitrogens with one attached hydrogen (secondary N) is 1. The summed E-state index contributed by atoms with van der Waals surface area (Å²) < 4.78 is 5.27. The van der Waals surface area contributed by atoms with Gasteiger partial charge in [-0.15, -0.1) is 0 Å². The quantitative estimate of drug-likeness (QED) is 0.639. The monoisotopic (exact) mass is 237 g/mol. The van der Waals surface area contributed by atoms with Crippen molar-refractivity contribution in [1.29, 1.82) is 0 Å². The van der Waals surface area contributed by atoms with Crippen LogP contribution in [0.3, 0.4) is 0 Å². The highest BCUT2D eigenvalue weighted by Gasteiger charge is 2.26. The lowest BCUT2D eigenvalue weighted by molar-refractivity contribution is -0.384. The highest BCUT2D eigenvalue weighted by Crippen LogP contribution is 2.28. The third-order valence-electron chi connectivity index (χ3n) is 3.07. The van der Waals surface area contributed by atoms with E-state index >= 15 is 0 Å². The number of rotatable bonds is 4. The molecule has 17 heavy (non-hydrogen) atoms. The highest BCUT2D eigenvalue weighted by atomic mass is 16.6. The van der Waals surface area contributed by atoms with E-state index in [0.717, 1.165) is 19.3 Å². The van der Waals surface area contributed by atoms with Gasteiger partial charge in [0, 0.05) is 19.3 Å². The Kier molecular flexibility index (Phi) is 3.53. The predicted octanol–water partition coefficient (Wildman–Crippen LogP) is 1.97. The number of anilines is 1. The SMILES string of the molecule is COC1CCC(Nc2ccncc2[N+](=O)[O-])C1. The van der Waals surface area contributed by atoms with Crippen molar-refractivity contribution >= 4 is 11.4 Å². The van der Waals surface area contributed by atoms with E-state index < -0.39 is 4.92 Å². The molecule has 0 saturated heterocycles. The van der Waals surface area contributed by atoms with Crippen LogP contribution in [0.5, 0.6) is 0 Å².